The molecule has 0 radical (unpaired) electrons. The van der Waals surface area contributed by atoms with E-state index in [0.717, 1.165) is 53.0 Å². The van der Waals surface area contributed by atoms with Crippen molar-refractivity contribution in [3.8, 4) is 11.1 Å². The Morgan fingerprint density at radius 3 is 2.55 bits per heavy atom. The number of carbonyl (C=O) groups excluding carboxylic acids is 2. The van der Waals surface area contributed by atoms with E-state index < -0.39 is 0 Å². The molecule has 4 N–H and O–H groups in total. The van der Waals surface area contributed by atoms with Crippen molar-refractivity contribution in [3.63, 3.8) is 0 Å². The van der Waals surface area contributed by atoms with E-state index in [1.807, 2.05) is 61.5 Å². The molecule has 0 spiro atoms. The maximum atomic E-state index is 12.4. The molecule has 0 bridgehead atoms. The lowest BCUT2D eigenvalue weighted by Crippen LogP contribution is -2.41. The van der Waals surface area contributed by atoms with Gasteiger partial charge in [0, 0.05) is 43.4 Å². The summed E-state index contributed by atoms with van der Waals surface area (Å²) in [5, 5.41) is 5.80. The first kappa shape index (κ1) is 22.3. The molecule has 1 aromatic heterocycles. The van der Waals surface area contributed by atoms with Gasteiger partial charge in [0.1, 0.15) is 0 Å². The predicted octanol–water partition coefficient (Wildman–Crippen LogP) is 4.08. The minimum atomic E-state index is -0.254. The Bertz CT molecular complexity index is 1120. The number of amides is 3. The third-order valence-electron chi connectivity index (χ3n) is 6.05. The summed E-state index contributed by atoms with van der Waals surface area (Å²) < 4.78 is 0. The highest BCUT2D eigenvalue weighted by Crippen LogP contribution is 2.26. The smallest absolute Gasteiger partial charge is 0.319 e. The molecule has 0 aliphatic carbocycles. The van der Waals surface area contributed by atoms with Gasteiger partial charge in [0.25, 0.3) is 0 Å². The number of rotatable bonds is 6. The zero-order valence-corrected chi connectivity index (χ0v) is 18.8. The second-order valence-electron chi connectivity index (χ2n) is 8.43. The lowest BCUT2D eigenvalue weighted by Gasteiger charge is -2.33. The van der Waals surface area contributed by atoms with Crippen LogP contribution in [0.25, 0.3) is 11.1 Å². The molecular weight excluding hydrogens is 414 g/mol. The monoisotopic (exact) mass is 443 g/mol. The summed E-state index contributed by atoms with van der Waals surface area (Å²) in [6.07, 6.45) is 5.35. The third kappa shape index (κ3) is 5.68. The summed E-state index contributed by atoms with van der Waals surface area (Å²) in [7, 11) is 0. The number of carbonyl (C=O) groups is 2. The van der Waals surface area contributed by atoms with Crippen molar-refractivity contribution in [1.29, 1.82) is 0 Å². The van der Waals surface area contributed by atoms with Crippen LogP contribution in [0.15, 0.2) is 67.0 Å². The maximum absolute atomic E-state index is 12.4. The Morgan fingerprint density at radius 1 is 1.09 bits per heavy atom. The fraction of sp³-hybridized carbons (Fsp3) is 0.269. The fourth-order valence-electron chi connectivity index (χ4n) is 4.22. The average molecular weight is 444 g/mol. The van der Waals surface area contributed by atoms with Crippen LogP contribution in [0.3, 0.4) is 0 Å². The highest BCUT2D eigenvalue weighted by Gasteiger charge is 2.24. The highest BCUT2D eigenvalue weighted by atomic mass is 16.2. The molecule has 1 unspecified atom stereocenters. The first-order valence-electron chi connectivity index (χ1n) is 11.2. The van der Waals surface area contributed by atoms with Crippen LogP contribution in [-0.4, -0.2) is 30.0 Å². The summed E-state index contributed by atoms with van der Waals surface area (Å²) in [4.78, 5) is 30.1. The van der Waals surface area contributed by atoms with Gasteiger partial charge in [0.2, 0.25) is 5.91 Å². The number of piperidine rings is 1. The lowest BCUT2D eigenvalue weighted by atomic mass is 9.97. The Kier molecular flexibility index (Phi) is 6.88. The molecule has 1 saturated heterocycles. The molecule has 7 heteroatoms. The number of hydrogen-bond donors (Lipinski definition) is 3. The van der Waals surface area contributed by atoms with Gasteiger partial charge in [-0.3, -0.25) is 9.78 Å². The number of nitrogens with two attached hydrogens (primary N) is 1. The molecule has 4 rings (SSSR count). The molecule has 3 aromatic rings. The highest BCUT2D eigenvalue weighted by molar-refractivity contribution is 5.90. The second-order valence-corrected chi connectivity index (χ2v) is 8.43. The van der Waals surface area contributed by atoms with Crippen molar-refractivity contribution in [2.24, 2.45) is 11.7 Å². The van der Waals surface area contributed by atoms with Crippen molar-refractivity contribution in [3.05, 3.63) is 78.1 Å². The van der Waals surface area contributed by atoms with Gasteiger partial charge in [-0.15, -0.1) is 0 Å². The van der Waals surface area contributed by atoms with E-state index in [2.05, 4.69) is 20.5 Å². The van der Waals surface area contributed by atoms with Crippen molar-refractivity contribution < 1.29 is 9.59 Å². The topological polar surface area (TPSA) is 100 Å². The number of aromatic nitrogens is 1. The molecule has 170 valence electrons. The number of pyridine rings is 1. The minimum Gasteiger partial charge on any atom is -0.371 e. The fourth-order valence-corrected chi connectivity index (χ4v) is 4.22. The van der Waals surface area contributed by atoms with Gasteiger partial charge >= 0.3 is 6.03 Å². The summed E-state index contributed by atoms with van der Waals surface area (Å²) in [5.41, 5.74) is 11.6. The van der Waals surface area contributed by atoms with Gasteiger partial charge < -0.3 is 21.3 Å². The zero-order chi connectivity index (χ0) is 23.2. The molecular formula is C26H29N5O2. The number of primary amides is 1. The number of urea groups is 1. The molecule has 1 atom stereocenters. The van der Waals surface area contributed by atoms with Crippen LogP contribution in [0.4, 0.5) is 16.2 Å². The van der Waals surface area contributed by atoms with Crippen molar-refractivity contribution in [2.75, 3.05) is 23.3 Å². The second kappa shape index (κ2) is 10.2. The standard InChI is InChI=1S/C26H29N5O2/c1-18-15-22(6-9-24(18)20-10-12-28-13-11-20)30-26(33)29-16-19-4-7-23(8-5-19)31-14-2-3-21(17-31)25(27)32/h4-13,15,21H,2-3,14,16-17H2,1H3,(H2,27,32)(H2,29,30,33). The van der Waals surface area contributed by atoms with Crippen LogP contribution in [0.1, 0.15) is 24.0 Å². The van der Waals surface area contributed by atoms with Crippen LogP contribution < -0.4 is 21.3 Å². The normalized spacial score (nSPS) is 15.7. The predicted molar refractivity (Wildman–Crippen MR) is 131 cm³/mol. The van der Waals surface area contributed by atoms with Crippen molar-refractivity contribution >= 4 is 23.3 Å². The number of hydrogen-bond acceptors (Lipinski definition) is 4. The number of anilines is 2. The van der Waals surface area contributed by atoms with Gasteiger partial charge in [0.05, 0.1) is 5.92 Å². The number of aryl methyl sites for hydroxylation is 1. The molecule has 1 aliphatic rings. The van der Waals surface area contributed by atoms with Gasteiger partial charge in [-0.1, -0.05) is 18.2 Å². The Morgan fingerprint density at radius 2 is 1.85 bits per heavy atom. The zero-order valence-electron chi connectivity index (χ0n) is 18.8. The van der Waals surface area contributed by atoms with E-state index in [1.165, 1.54) is 0 Å². The van der Waals surface area contributed by atoms with Gasteiger partial charge in [-0.25, -0.2) is 4.79 Å². The SMILES string of the molecule is Cc1cc(NC(=O)NCc2ccc(N3CCCC(C(N)=O)C3)cc2)ccc1-c1ccncc1. The van der Waals surface area contributed by atoms with Crippen LogP contribution in [0.2, 0.25) is 0 Å². The number of nitrogens with one attached hydrogen (secondary N) is 2. The summed E-state index contributed by atoms with van der Waals surface area (Å²) in [5.74, 6) is -0.320. The lowest BCUT2D eigenvalue weighted by molar-refractivity contribution is -0.122. The van der Waals surface area contributed by atoms with Crippen molar-refractivity contribution in [2.45, 2.75) is 26.3 Å². The Labute approximate surface area is 194 Å². The summed E-state index contributed by atoms with van der Waals surface area (Å²) in [6.45, 7) is 4.02. The quantitative estimate of drug-likeness (QED) is 0.534. The number of benzene rings is 2. The van der Waals surface area contributed by atoms with Crippen LogP contribution in [0.5, 0.6) is 0 Å². The summed E-state index contributed by atoms with van der Waals surface area (Å²) >= 11 is 0. The van der Waals surface area contributed by atoms with Gasteiger partial charge in [0.15, 0.2) is 0 Å². The Hall–Kier alpha value is -3.87. The van der Waals surface area contributed by atoms with E-state index in [9.17, 15) is 9.59 Å². The molecule has 1 fully saturated rings. The first-order chi connectivity index (χ1) is 16.0. The van der Waals surface area contributed by atoms with Crippen molar-refractivity contribution in [1.82, 2.24) is 10.3 Å². The molecule has 2 heterocycles. The maximum Gasteiger partial charge on any atom is 0.319 e. The summed E-state index contributed by atoms with van der Waals surface area (Å²) in [6, 6.07) is 17.6. The van der Waals surface area contributed by atoms with E-state index in [1.54, 1.807) is 12.4 Å². The minimum absolute atomic E-state index is 0.0915. The Balaban J connectivity index is 1.30. The van der Waals surface area contributed by atoms with Crippen LogP contribution in [0, 0.1) is 12.8 Å². The van der Waals surface area contributed by atoms with E-state index >= 15 is 0 Å². The number of nitrogens with zero attached hydrogens (tertiary/aromatic N) is 2. The van der Waals surface area contributed by atoms with E-state index in [-0.39, 0.29) is 17.9 Å². The molecule has 0 saturated carbocycles. The van der Waals surface area contributed by atoms with Crippen LogP contribution in [-0.2, 0) is 11.3 Å². The molecule has 33 heavy (non-hydrogen) atoms. The van der Waals surface area contributed by atoms with Gasteiger partial charge in [-0.05, 0) is 78.4 Å². The van der Waals surface area contributed by atoms with E-state index in [0.29, 0.717) is 13.1 Å². The molecule has 3 amide bonds. The average Bonchev–Trinajstić information content (AvgIpc) is 2.84. The molecule has 7 nitrogen and oxygen atoms in total. The first-order valence-corrected chi connectivity index (χ1v) is 11.2. The van der Waals surface area contributed by atoms with Crippen LogP contribution >= 0.6 is 0 Å². The van der Waals surface area contributed by atoms with E-state index in [4.69, 9.17) is 5.73 Å². The third-order valence-corrected chi connectivity index (χ3v) is 6.05. The largest absolute Gasteiger partial charge is 0.371 e. The molecule has 2 aromatic carbocycles. The van der Waals surface area contributed by atoms with Gasteiger partial charge in [-0.2, -0.15) is 0 Å². The molecule has 1 aliphatic heterocycles.